The Labute approximate surface area is 65.3 Å². The Morgan fingerprint density at radius 3 is 2.90 bits per heavy atom. The van der Waals surface area contributed by atoms with Gasteiger partial charge in [-0.25, -0.2) is 0 Å². The van der Waals surface area contributed by atoms with E-state index in [0.717, 1.165) is 19.4 Å². The van der Waals surface area contributed by atoms with Crippen LogP contribution in [-0.4, -0.2) is 17.2 Å². The second-order valence-corrected chi connectivity index (χ2v) is 3.74. The largest absolute Gasteiger partial charge is 0.367 e. The molecule has 1 aliphatic rings. The topological polar surface area (TPSA) is 26.3 Å². The molecule has 1 heterocycles. The molecule has 0 aliphatic carbocycles. The molecule has 0 saturated carbocycles. The second-order valence-electron chi connectivity index (χ2n) is 2.41. The average molecular weight is 160 g/mol. The number of carbonyl (C=O) groups excluding carboxylic acids is 1. The van der Waals surface area contributed by atoms with Crippen molar-refractivity contribution in [1.29, 1.82) is 0 Å². The molecule has 0 aromatic rings. The number of thioether (sulfide) groups is 1. The summed E-state index contributed by atoms with van der Waals surface area (Å²) in [6.07, 6.45) is 3.38. The minimum atomic E-state index is 0.145. The van der Waals surface area contributed by atoms with Crippen LogP contribution in [0.5, 0.6) is 0 Å². The molecule has 0 aromatic carbocycles. The fourth-order valence-corrected chi connectivity index (χ4v) is 1.81. The Morgan fingerprint density at radius 1 is 1.60 bits per heavy atom. The van der Waals surface area contributed by atoms with Gasteiger partial charge in [0.15, 0.2) is 5.12 Å². The van der Waals surface area contributed by atoms with Crippen molar-refractivity contribution in [3.05, 3.63) is 0 Å². The highest BCUT2D eigenvalue weighted by Gasteiger charge is 2.15. The zero-order valence-electron chi connectivity index (χ0n) is 6.13. The van der Waals surface area contributed by atoms with E-state index in [2.05, 4.69) is 0 Å². The Balaban J connectivity index is 2.19. The molecule has 0 amide bonds. The van der Waals surface area contributed by atoms with Gasteiger partial charge in [0.05, 0.1) is 0 Å². The number of hydrogen-bond donors (Lipinski definition) is 0. The molecule has 1 aliphatic heterocycles. The van der Waals surface area contributed by atoms with E-state index in [1.54, 1.807) is 6.92 Å². The van der Waals surface area contributed by atoms with Crippen LogP contribution in [0.25, 0.3) is 0 Å². The van der Waals surface area contributed by atoms with Gasteiger partial charge in [0.1, 0.15) is 5.44 Å². The standard InChI is InChI=1S/C7H12O2S/c1-6(8)10-7-4-2-3-5-9-7/h7H,2-5H2,1H3/t7-/m1/s1. The summed E-state index contributed by atoms with van der Waals surface area (Å²) in [5.74, 6) is 0. The van der Waals surface area contributed by atoms with Gasteiger partial charge in [-0.15, -0.1) is 0 Å². The molecule has 1 atom stereocenters. The Kier molecular flexibility index (Phi) is 3.22. The van der Waals surface area contributed by atoms with Gasteiger partial charge in [0.25, 0.3) is 0 Å². The molecule has 1 fully saturated rings. The average Bonchev–Trinajstić information content (AvgIpc) is 1.88. The first-order valence-electron chi connectivity index (χ1n) is 3.58. The Morgan fingerprint density at radius 2 is 2.40 bits per heavy atom. The second kappa shape index (κ2) is 3.98. The van der Waals surface area contributed by atoms with Crippen LogP contribution >= 0.6 is 11.8 Å². The van der Waals surface area contributed by atoms with Gasteiger partial charge >= 0.3 is 0 Å². The van der Waals surface area contributed by atoms with Crippen molar-refractivity contribution < 1.29 is 9.53 Å². The van der Waals surface area contributed by atoms with Gasteiger partial charge in [-0.2, -0.15) is 0 Å². The normalized spacial score (nSPS) is 26.3. The maximum absolute atomic E-state index is 10.6. The zero-order valence-corrected chi connectivity index (χ0v) is 6.95. The molecule has 0 unspecified atom stereocenters. The van der Waals surface area contributed by atoms with Gasteiger partial charge in [0.2, 0.25) is 0 Å². The molecule has 1 rings (SSSR count). The molecule has 1 saturated heterocycles. The van der Waals surface area contributed by atoms with Crippen LogP contribution in [0.2, 0.25) is 0 Å². The third kappa shape index (κ3) is 2.71. The lowest BCUT2D eigenvalue weighted by molar-refractivity contribution is -0.109. The molecular weight excluding hydrogens is 148 g/mol. The lowest BCUT2D eigenvalue weighted by Crippen LogP contribution is -2.16. The quantitative estimate of drug-likeness (QED) is 0.585. The summed E-state index contributed by atoms with van der Waals surface area (Å²) in [7, 11) is 0. The van der Waals surface area contributed by atoms with E-state index >= 15 is 0 Å². The van der Waals surface area contributed by atoms with E-state index in [1.807, 2.05) is 0 Å². The summed E-state index contributed by atoms with van der Waals surface area (Å²) in [6, 6.07) is 0. The van der Waals surface area contributed by atoms with Crippen molar-refractivity contribution in [2.24, 2.45) is 0 Å². The van der Waals surface area contributed by atoms with Crippen molar-refractivity contribution in [2.75, 3.05) is 6.61 Å². The van der Waals surface area contributed by atoms with Crippen LogP contribution in [0.3, 0.4) is 0 Å². The smallest absolute Gasteiger partial charge is 0.188 e. The van der Waals surface area contributed by atoms with Crippen LogP contribution in [0.15, 0.2) is 0 Å². The van der Waals surface area contributed by atoms with Gasteiger partial charge in [-0.1, -0.05) is 11.8 Å². The molecule has 2 nitrogen and oxygen atoms in total. The lowest BCUT2D eigenvalue weighted by atomic mass is 10.2. The van der Waals surface area contributed by atoms with E-state index in [1.165, 1.54) is 18.2 Å². The summed E-state index contributed by atoms with van der Waals surface area (Å²) in [5, 5.41) is 0.159. The van der Waals surface area contributed by atoms with E-state index in [0.29, 0.717) is 0 Å². The highest BCUT2D eigenvalue weighted by Crippen LogP contribution is 2.23. The van der Waals surface area contributed by atoms with E-state index in [-0.39, 0.29) is 10.6 Å². The predicted molar refractivity (Wildman–Crippen MR) is 41.9 cm³/mol. The van der Waals surface area contributed by atoms with Crippen molar-refractivity contribution in [3.63, 3.8) is 0 Å². The van der Waals surface area contributed by atoms with Crippen LogP contribution in [0.1, 0.15) is 26.2 Å². The molecule has 0 bridgehead atoms. The number of hydrogen-bond acceptors (Lipinski definition) is 3. The molecule has 0 N–H and O–H groups in total. The third-order valence-electron chi connectivity index (χ3n) is 1.44. The van der Waals surface area contributed by atoms with E-state index in [4.69, 9.17) is 4.74 Å². The third-order valence-corrected chi connectivity index (χ3v) is 2.40. The molecular formula is C7H12O2S. The van der Waals surface area contributed by atoms with Crippen molar-refractivity contribution in [3.8, 4) is 0 Å². The van der Waals surface area contributed by atoms with Crippen molar-refractivity contribution >= 4 is 16.9 Å². The Bertz CT molecular complexity index is 119. The summed E-state index contributed by atoms with van der Waals surface area (Å²) >= 11 is 1.31. The van der Waals surface area contributed by atoms with Crippen molar-refractivity contribution in [2.45, 2.75) is 31.6 Å². The number of ether oxygens (including phenoxy) is 1. The molecule has 0 aromatic heterocycles. The molecule has 3 heteroatoms. The monoisotopic (exact) mass is 160 g/mol. The van der Waals surface area contributed by atoms with Crippen LogP contribution in [0, 0.1) is 0 Å². The highest BCUT2D eigenvalue weighted by atomic mass is 32.2. The fourth-order valence-electron chi connectivity index (χ4n) is 0.989. The minimum absolute atomic E-state index is 0.145. The van der Waals surface area contributed by atoms with Gasteiger partial charge in [-0.3, -0.25) is 4.79 Å². The lowest BCUT2D eigenvalue weighted by Gasteiger charge is -2.20. The fraction of sp³-hybridized carbons (Fsp3) is 0.857. The van der Waals surface area contributed by atoms with Crippen LogP contribution < -0.4 is 0 Å². The SMILES string of the molecule is CC(=O)S[C@@H]1CCCCO1. The van der Waals surface area contributed by atoms with E-state index < -0.39 is 0 Å². The first-order valence-corrected chi connectivity index (χ1v) is 4.46. The first-order chi connectivity index (χ1) is 4.79. The number of rotatable bonds is 1. The predicted octanol–water partition coefficient (Wildman–Crippen LogP) is 1.79. The summed E-state index contributed by atoms with van der Waals surface area (Å²) in [5.41, 5.74) is 0.145. The van der Waals surface area contributed by atoms with Gasteiger partial charge in [-0.05, 0) is 19.3 Å². The summed E-state index contributed by atoms with van der Waals surface area (Å²) in [4.78, 5) is 10.6. The highest BCUT2D eigenvalue weighted by molar-refractivity contribution is 8.13. The van der Waals surface area contributed by atoms with Crippen LogP contribution in [0.4, 0.5) is 0 Å². The maximum atomic E-state index is 10.6. The van der Waals surface area contributed by atoms with Gasteiger partial charge in [0, 0.05) is 13.5 Å². The molecule has 10 heavy (non-hydrogen) atoms. The maximum Gasteiger partial charge on any atom is 0.188 e. The zero-order chi connectivity index (χ0) is 7.40. The Hall–Kier alpha value is -0.0200. The first kappa shape index (κ1) is 8.08. The van der Waals surface area contributed by atoms with E-state index in [9.17, 15) is 4.79 Å². The van der Waals surface area contributed by atoms with Crippen molar-refractivity contribution in [1.82, 2.24) is 0 Å². The molecule has 58 valence electrons. The summed E-state index contributed by atoms with van der Waals surface area (Å²) < 4.78 is 5.33. The number of carbonyl (C=O) groups is 1. The molecule has 0 radical (unpaired) electrons. The summed E-state index contributed by atoms with van der Waals surface area (Å²) in [6.45, 7) is 2.41. The molecule has 0 spiro atoms. The minimum Gasteiger partial charge on any atom is -0.367 e. The van der Waals surface area contributed by atoms with Crippen LogP contribution in [-0.2, 0) is 9.53 Å². The van der Waals surface area contributed by atoms with Gasteiger partial charge < -0.3 is 4.74 Å².